The summed E-state index contributed by atoms with van der Waals surface area (Å²) in [4.78, 5) is 14.5. The van der Waals surface area contributed by atoms with Crippen LogP contribution in [-0.2, 0) is 14.6 Å². The third kappa shape index (κ3) is 5.03. The molecular weight excluding hydrogens is 366 g/mol. The van der Waals surface area contributed by atoms with Crippen LogP contribution in [0.3, 0.4) is 0 Å². The predicted octanol–water partition coefficient (Wildman–Crippen LogP) is 2.67. The van der Waals surface area contributed by atoms with E-state index in [1.54, 1.807) is 18.1 Å². The first-order valence-electron chi connectivity index (χ1n) is 9.34. The van der Waals surface area contributed by atoms with Gasteiger partial charge in [-0.25, -0.2) is 8.42 Å². The molecule has 2 aliphatic rings. The summed E-state index contributed by atoms with van der Waals surface area (Å²) in [5.74, 6) is 1.40. The molecule has 1 atom stereocenters. The van der Waals surface area contributed by atoms with Crippen molar-refractivity contribution in [3.05, 3.63) is 29.8 Å². The van der Waals surface area contributed by atoms with E-state index in [1.807, 2.05) is 32.0 Å². The van der Waals surface area contributed by atoms with Crippen molar-refractivity contribution in [3.8, 4) is 11.5 Å². The Kier molecular flexibility index (Phi) is 5.79. The molecule has 27 heavy (non-hydrogen) atoms. The summed E-state index contributed by atoms with van der Waals surface area (Å²) in [7, 11) is -1.44. The van der Waals surface area contributed by atoms with Crippen LogP contribution in [0.25, 0.3) is 6.08 Å². The second-order valence-corrected chi connectivity index (χ2v) is 9.67. The van der Waals surface area contributed by atoms with Crippen LogP contribution in [0.2, 0.25) is 0 Å². The van der Waals surface area contributed by atoms with Crippen LogP contribution in [0, 0.1) is 0 Å². The quantitative estimate of drug-likeness (QED) is 0.666. The normalized spacial score (nSPS) is 21.6. The minimum Gasteiger partial charge on any atom is -0.493 e. The number of amides is 1. The maximum atomic E-state index is 12.8. The maximum absolute atomic E-state index is 12.8. The fourth-order valence-electron chi connectivity index (χ4n) is 3.40. The van der Waals surface area contributed by atoms with Crippen molar-refractivity contribution < 1.29 is 22.7 Å². The third-order valence-electron chi connectivity index (χ3n) is 4.77. The maximum Gasteiger partial charge on any atom is 0.247 e. The Morgan fingerprint density at radius 1 is 1.19 bits per heavy atom. The fraction of sp³-hybridized carbons (Fsp3) is 0.550. The van der Waals surface area contributed by atoms with Gasteiger partial charge < -0.3 is 14.4 Å². The number of methoxy groups -OCH3 is 1. The summed E-state index contributed by atoms with van der Waals surface area (Å²) in [6.07, 6.45) is 5.74. The number of nitrogens with zero attached hydrogens (tertiary/aromatic N) is 1. The van der Waals surface area contributed by atoms with Crippen LogP contribution >= 0.6 is 0 Å². The molecule has 1 unspecified atom stereocenters. The number of carbonyl (C=O) groups is 1. The molecule has 6 nitrogen and oxygen atoms in total. The fourth-order valence-corrected chi connectivity index (χ4v) is 5.11. The summed E-state index contributed by atoms with van der Waals surface area (Å²) in [6.45, 7) is 3.89. The summed E-state index contributed by atoms with van der Waals surface area (Å²) >= 11 is 0. The van der Waals surface area contributed by atoms with Crippen molar-refractivity contribution in [3.63, 3.8) is 0 Å². The minimum absolute atomic E-state index is 0.0386. The Bertz CT molecular complexity index is 827. The Labute approximate surface area is 161 Å². The van der Waals surface area contributed by atoms with E-state index in [-0.39, 0.29) is 35.6 Å². The first kappa shape index (κ1) is 19.7. The Morgan fingerprint density at radius 3 is 2.48 bits per heavy atom. The summed E-state index contributed by atoms with van der Waals surface area (Å²) in [5.41, 5.74) is 0.825. The molecule has 1 aromatic carbocycles. The average molecular weight is 394 g/mol. The Balaban J connectivity index is 1.73. The van der Waals surface area contributed by atoms with Gasteiger partial charge >= 0.3 is 0 Å². The van der Waals surface area contributed by atoms with E-state index in [4.69, 9.17) is 9.47 Å². The molecule has 0 radical (unpaired) electrons. The number of hydrogen-bond donors (Lipinski definition) is 0. The molecule has 0 N–H and O–H groups in total. The number of sulfone groups is 1. The molecule has 0 aromatic heterocycles. The van der Waals surface area contributed by atoms with Gasteiger partial charge in [0.05, 0.1) is 24.7 Å². The van der Waals surface area contributed by atoms with Crippen molar-refractivity contribution in [2.24, 2.45) is 0 Å². The van der Waals surface area contributed by atoms with Crippen molar-refractivity contribution in [2.45, 2.75) is 51.3 Å². The lowest BCUT2D eigenvalue weighted by molar-refractivity contribution is -0.128. The van der Waals surface area contributed by atoms with E-state index in [2.05, 4.69) is 0 Å². The van der Waals surface area contributed by atoms with Gasteiger partial charge in [0.2, 0.25) is 5.91 Å². The number of rotatable bonds is 7. The molecule has 7 heteroatoms. The molecule has 1 aliphatic carbocycles. The van der Waals surface area contributed by atoms with Crippen LogP contribution in [-0.4, -0.2) is 56.0 Å². The van der Waals surface area contributed by atoms with Gasteiger partial charge in [-0.15, -0.1) is 0 Å². The van der Waals surface area contributed by atoms with Crippen molar-refractivity contribution in [2.75, 3.05) is 18.6 Å². The zero-order valence-electron chi connectivity index (χ0n) is 16.1. The van der Waals surface area contributed by atoms with E-state index < -0.39 is 9.84 Å². The Morgan fingerprint density at radius 2 is 1.93 bits per heavy atom. The predicted molar refractivity (Wildman–Crippen MR) is 105 cm³/mol. The molecule has 2 fully saturated rings. The number of carbonyl (C=O) groups excluding carboxylic acids is 1. The largest absolute Gasteiger partial charge is 0.493 e. The van der Waals surface area contributed by atoms with Gasteiger partial charge in [-0.1, -0.05) is 6.07 Å². The number of benzene rings is 1. The lowest BCUT2D eigenvalue weighted by Gasteiger charge is -2.27. The lowest BCUT2D eigenvalue weighted by Crippen LogP contribution is -2.41. The van der Waals surface area contributed by atoms with Crippen LogP contribution < -0.4 is 9.47 Å². The molecule has 1 aliphatic heterocycles. The van der Waals surface area contributed by atoms with Gasteiger partial charge in [0, 0.05) is 18.2 Å². The molecule has 1 heterocycles. The highest BCUT2D eigenvalue weighted by Gasteiger charge is 2.41. The van der Waals surface area contributed by atoms with E-state index in [0.717, 1.165) is 18.4 Å². The molecule has 1 amide bonds. The van der Waals surface area contributed by atoms with Crippen LogP contribution in [0.4, 0.5) is 0 Å². The first-order valence-corrected chi connectivity index (χ1v) is 11.2. The number of hydrogen-bond acceptors (Lipinski definition) is 5. The topological polar surface area (TPSA) is 72.9 Å². The van der Waals surface area contributed by atoms with E-state index in [1.165, 1.54) is 6.08 Å². The van der Waals surface area contributed by atoms with Gasteiger partial charge in [0.1, 0.15) is 0 Å². The van der Waals surface area contributed by atoms with E-state index >= 15 is 0 Å². The summed E-state index contributed by atoms with van der Waals surface area (Å²) < 4.78 is 34.6. The van der Waals surface area contributed by atoms with Crippen LogP contribution in [0.1, 0.15) is 38.7 Å². The monoisotopic (exact) mass is 393 g/mol. The average Bonchev–Trinajstić information content (AvgIpc) is 3.36. The van der Waals surface area contributed by atoms with Crippen molar-refractivity contribution in [1.29, 1.82) is 0 Å². The summed E-state index contributed by atoms with van der Waals surface area (Å²) in [6, 6.07) is 5.49. The van der Waals surface area contributed by atoms with Crippen LogP contribution in [0.15, 0.2) is 24.3 Å². The number of ether oxygens (including phenoxy) is 2. The molecule has 1 saturated carbocycles. The highest BCUT2D eigenvalue weighted by Crippen LogP contribution is 2.33. The molecule has 0 spiro atoms. The van der Waals surface area contributed by atoms with Gasteiger partial charge in [0.25, 0.3) is 0 Å². The standard InChI is InChI=1S/C20H27NO5S/c1-14(2)26-18-8-4-15(12-19(18)25-3)5-9-20(22)21(16-6-7-16)17-10-11-27(23,24)13-17/h4-5,8-9,12,14,16-17H,6-7,10-11,13H2,1-3H3/b9-5+. The molecule has 0 bridgehead atoms. The SMILES string of the molecule is COc1cc(/C=C/C(=O)N(C2CC2)C2CCS(=O)(=O)C2)ccc1OC(C)C. The Hall–Kier alpha value is -2.02. The summed E-state index contributed by atoms with van der Waals surface area (Å²) in [5, 5.41) is 0. The van der Waals surface area contributed by atoms with Gasteiger partial charge in [-0.3, -0.25) is 4.79 Å². The lowest BCUT2D eigenvalue weighted by atomic mass is 10.1. The van der Waals surface area contributed by atoms with Gasteiger partial charge in [-0.2, -0.15) is 0 Å². The van der Waals surface area contributed by atoms with Gasteiger partial charge in [-0.05, 0) is 56.9 Å². The molecule has 1 aromatic rings. The third-order valence-corrected chi connectivity index (χ3v) is 6.52. The van der Waals surface area contributed by atoms with E-state index in [9.17, 15) is 13.2 Å². The molecule has 1 saturated heterocycles. The van der Waals surface area contributed by atoms with Crippen LogP contribution in [0.5, 0.6) is 11.5 Å². The molecule has 3 rings (SSSR count). The van der Waals surface area contributed by atoms with Crippen molar-refractivity contribution >= 4 is 21.8 Å². The second kappa shape index (κ2) is 7.92. The zero-order chi connectivity index (χ0) is 19.6. The highest BCUT2D eigenvalue weighted by atomic mass is 32.2. The smallest absolute Gasteiger partial charge is 0.247 e. The second-order valence-electron chi connectivity index (χ2n) is 7.44. The molecular formula is C20H27NO5S. The zero-order valence-corrected chi connectivity index (χ0v) is 16.9. The van der Waals surface area contributed by atoms with E-state index in [0.29, 0.717) is 17.9 Å². The van der Waals surface area contributed by atoms with Crippen molar-refractivity contribution in [1.82, 2.24) is 4.90 Å². The minimum atomic E-state index is -3.02. The highest BCUT2D eigenvalue weighted by molar-refractivity contribution is 7.91. The first-order chi connectivity index (χ1) is 12.8. The van der Waals surface area contributed by atoms with Gasteiger partial charge in [0.15, 0.2) is 21.3 Å². The molecule has 148 valence electrons.